The maximum absolute atomic E-state index is 12.8. The van der Waals surface area contributed by atoms with E-state index in [1.165, 1.54) is 0 Å². The summed E-state index contributed by atoms with van der Waals surface area (Å²) in [6, 6.07) is 0. The molecule has 0 atom stereocenters. The SMILES string of the molecule is Cc1nc2nc(C(F)(F)F)nn2c(C)c1CCC(=O)N1CCC(C(=O)O)CC1. The highest BCUT2D eigenvalue weighted by atomic mass is 19.4. The molecule has 8 nitrogen and oxygen atoms in total. The Kier molecular flexibility index (Phi) is 5.26. The molecule has 11 heteroatoms. The molecule has 2 aromatic rings. The monoisotopic (exact) mass is 399 g/mol. The van der Waals surface area contributed by atoms with Gasteiger partial charge in [-0.25, -0.2) is 9.50 Å². The molecule has 28 heavy (non-hydrogen) atoms. The van der Waals surface area contributed by atoms with Crippen molar-refractivity contribution in [3.63, 3.8) is 0 Å². The van der Waals surface area contributed by atoms with E-state index in [4.69, 9.17) is 5.11 Å². The Hall–Kier alpha value is -2.72. The summed E-state index contributed by atoms with van der Waals surface area (Å²) in [6.45, 7) is 4.06. The molecule has 0 aliphatic carbocycles. The van der Waals surface area contributed by atoms with Crippen molar-refractivity contribution >= 4 is 17.7 Å². The quantitative estimate of drug-likeness (QED) is 0.844. The molecule has 1 amide bonds. The second kappa shape index (κ2) is 7.36. The first-order valence-electron chi connectivity index (χ1n) is 8.88. The lowest BCUT2D eigenvalue weighted by Crippen LogP contribution is -2.40. The van der Waals surface area contributed by atoms with Crippen LogP contribution in [0.2, 0.25) is 0 Å². The smallest absolute Gasteiger partial charge is 0.453 e. The van der Waals surface area contributed by atoms with Crippen molar-refractivity contribution in [1.29, 1.82) is 0 Å². The number of rotatable bonds is 4. The minimum atomic E-state index is -4.66. The number of halogens is 3. The highest BCUT2D eigenvalue weighted by Crippen LogP contribution is 2.27. The third kappa shape index (κ3) is 3.92. The Morgan fingerprint density at radius 2 is 1.82 bits per heavy atom. The number of hydrogen-bond donors (Lipinski definition) is 1. The molecule has 1 aliphatic heterocycles. The Labute approximate surface area is 158 Å². The Morgan fingerprint density at radius 1 is 1.18 bits per heavy atom. The van der Waals surface area contributed by atoms with E-state index in [2.05, 4.69) is 15.1 Å². The number of carboxylic acids is 1. The Morgan fingerprint density at radius 3 is 2.39 bits per heavy atom. The molecular weight excluding hydrogens is 379 g/mol. The van der Waals surface area contributed by atoms with Crippen LogP contribution in [0.3, 0.4) is 0 Å². The van der Waals surface area contributed by atoms with E-state index >= 15 is 0 Å². The Bertz CT molecular complexity index is 917. The van der Waals surface area contributed by atoms with Crippen LogP contribution in [0.5, 0.6) is 0 Å². The summed E-state index contributed by atoms with van der Waals surface area (Å²) in [6.07, 6.45) is -3.35. The van der Waals surface area contributed by atoms with Gasteiger partial charge in [-0.1, -0.05) is 0 Å². The minimum Gasteiger partial charge on any atom is -0.481 e. The molecule has 1 saturated heterocycles. The van der Waals surface area contributed by atoms with E-state index in [-0.39, 0.29) is 18.1 Å². The predicted molar refractivity (Wildman–Crippen MR) is 90.5 cm³/mol. The number of likely N-dealkylation sites (tertiary alicyclic amines) is 1. The van der Waals surface area contributed by atoms with Crippen molar-refractivity contribution < 1.29 is 27.9 Å². The van der Waals surface area contributed by atoms with Crippen molar-refractivity contribution in [3.8, 4) is 0 Å². The summed E-state index contributed by atoms with van der Waals surface area (Å²) >= 11 is 0. The average Bonchev–Trinajstić information content (AvgIpc) is 3.06. The molecule has 2 aromatic heterocycles. The highest BCUT2D eigenvalue weighted by molar-refractivity contribution is 5.77. The molecule has 0 bridgehead atoms. The maximum atomic E-state index is 12.8. The lowest BCUT2D eigenvalue weighted by molar-refractivity contribution is -0.145. The largest absolute Gasteiger partial charge is 0.481 e. The molecule has 0 radical (unpaired) electrons. The molecule has 0 saturated carbocycles. The number of amides is 1. The number of carboxylic acid groups (broad SMARTS) is 1. The number of carbonyl (C=O) groups is 2. The molecule has 0 spiro atoms. The average molecular weight is 399 g/mol. The first-order chi connectivity index (χ1) is 13.1. The molecular formula is C17H20F3N5O3. The second-order valence-electron chi connectivity index (χ2n) is 6.90. The van der Waals surface area contributed by atoms with E-state index in [0.717, 1.165) is 4.52 Å². The van der Waals surface area contributed by atoms with E-state index in [1.807, 2.05) is 0 Å². The molecule has 0 aromatic carbocycles. The van der Waals surface area contributed by atoms with E-state index < -0.39 is 23.9 Å². The van der Waals surface area contributed by atoms with Gasteiger partial charge in [0.25, 0.3) is 11.6 Å². The van der Waals surface area contributed by atoms with E-state index in [0.29, 0.717) is 49.3 Å². The third-order valence-corrected chi connectivity index (χ3v) is 5.09. The van der Waals surface area contributed by atoms with Gasteiger partial charge in [0.2, 0.25) is 5.91 Å². The van der Waals surface area contributed by atoms with Crippen LogP contribution >= 0.6 is 0 Å². The zero-order chi connectivity index (χ0) is 20.6. The fourth-order valence-corrected chi connectivity index (χ4v) is 3.46. The third-order valence-electron chi connectivity index (χ3n) is 5.09. The minimum absolute atomic E-state index is 0.114. The van der Waals surface area contributed by atoms with Gasteiger partial charge in [0.1, 0.15) is 0 Å². The van der Waals surface area contributed by atoms with Crippen LogP contribution < -0.4 is 0 Å². The van der Waals surface area contributed by atoms with Crippen LogP contribution in [0, 0.1) is 19.8 Å². The van der Waals surface area contributed by atoms with Gasteiger partial charge >= 0.3 is 12.1 Å². The predicted octanol–water partition coefficient (Wildman–Crippen LogP) is 2.02. The number of nitrogens with zero attached hydrogens (tertiary/aromatic N) is 5. The number of aromatic nitrogens is 4. The fourth-order valence-electron chi connectivity index (χ4n) is 3.46. The van der Waals surface area contributed by atoms with Crippen molar-refractivity contribution in [2.24, 2.45) is 5.92 Å². The molecule has 3 rings (SSSR count). The first-order valence-corrected chi connectivity index (χ1v) is 8.88. The van der Waals surface area contributed by atoms with Gasteiger partial charge in [-0.2, -0.15) is 18.2 Å². The molecule has 0 unspecified atom stereocenters. The first kappa shape index (κ1) is 20.0. The topological polar surface area (TPSA) is 101 Å². The van der Waals surface area contributed by atoms with Crippen LogP contribution in [-0.4, -0.2) is 54.6 Å². The number of hydrogen-bond acceptors (Lipinski definition) is 5. The Balaban J connectivity index is 1.72. The molecule has 1 aliphatic rings. The van der Waals surface area contributed by atoms with Crippen molar-refractivity contribution in [2.75, 3.05) is 13.1 Å². The normalized spacial score (nSPS) is 16.0. The number of alkyl halides is 3. The maximum Gasteiger partial charge on any atom is 0.453 e. The van der Waals surface area contributed by atoms with Crippen LogP contribution in [0.1, 0.15) is 42.0 Å². The summed E-state index contributed by atoms with van der Waals surface area (Å²) in [5, 5.41) is 12.5. The fraction of sp³-hybridized carbons (Fsp3) is 0.588. The van der Waals surface area contributed by atoms with Crippen molar-refractivity contribution in [2.45, 2.75) is 45.7 Å². The standard InChI is InChI=1S/C17H20F3N5O3/c1-9-12(3-4-13(26)24-7-5-11(6-8-24)14(27)28)10(2)25-16(21-9)22-15(23-25)17(18,19)20/h11H,3-8H2,1-2H3,(H,27,28). The number of aliphatic carboxylic acids is 1. The van der Waals surface area contributed by atoms with Crippen molar-refractivity contribution in [1.82, 2.24) is 24.5 Å². The highest BCUT2D eigenvalue weighted by Gasteiger charge is 2.37. The van der Waals surface area contributed by atoms with Gasteiger partial charge in [0.15, 0.2) is 0 Å². The van der Waals surface area contributed by atoms with E-state index in [1.54, 1.807) is 18.7 Å². The van der Waals surface area contributed by atoms with Gasteiger partial charge in [-0.05, 0) is 38.7 Å². The van der Waals surface area contributed by atoms with Gasteiger partial charge < -0.3 is 10.0 Å². The summed E-state index contributed by atoms with van der Waals surface area (Å²) in [5.74, 6) is -2.76. The molecule has 3 heterocycles. The second-order valence-corrected chi connectivity index (χ2v) is 6.90. The number of aryl methyl sites for hydroxylation is 2. The number of carbonyl (C=O) groups excluding carboxylic acids is 1. The number of piperidine rings is 1. The van der Waals surface area contributed by atoms with Gasteiger partial charge in [0.05, 0.1) is 5.92 Å². The summed E-state index contributed by atoms with van der Waals surface area (Å²) in [7, 11) is 0. The summed E-state index contributed by atoms with van der Waals surface area (Å²) < 4.78 is 39.6. The van der Waals surface area contributed by atoms with Gasteiger partial charge in [-0.3, -0.25) is 9.59 Å². The van der Waals surface area contributed by atoms with Gasteiger partial charge in [0, 0.05) is 30.9 Å². The van der Waals surface area contributed by atoms with Crippen LogP contribution in [-0.2, 0) is 22.2 Å². The molecule has 1 fully saturated rings. The van der Waals surface area contributed by atoms with Crippen molar-refractivity contribution in [3.05, 3.63) is 22.8 Å². The lowest BCUT2D eigenvalue weighted by atomic mass is 9.96. The summed E-state index contributed by atoms with van der Waals surface area (Å²) in [5.41, 5.74) is 1.62. The number of fused-ring (bicyclic) bond motifs is 1. The van der Waals surface area contributed by atoms with Gasteiger partial charge in [-0.15, -0.1) is 5.10 Å². The zero-order valence-corrected chi connectivity index (χ0v) is 15.5. The van der Waals surface area contributed by atoms with E-state index in [9.17, 15) is 22.8 Å². The van der Waals surface area contributed by atoms with Crippen LogP contribution in [0.25, 0.3) is 5.78 Å². The lowest BCUT2D eigenvalue weighted by Gasteiger charge is -2.30. The van der Waals surface area contributed by atoms with Crippen LogP contribution in [0.4, 0.5) is 13.2 Å². The molecule has 152 valence electrons. The van der Waals surface area contributed by atoms with Crippen LogP contribution in [0.15, 0.2) is 0 Å². The zero-order valence-electron chi connectivity index (χ0n) is 15.5. The molecule has 1 N–H and O–H groups in total. The summed E-state index contributed by atoms with van der Waals surface area (Å²) in [4.78, 5) is 32.6.